The largest absolute Gasteiger partial charge is 0.309 e. The van der Waals surface area contributed by atoms with Crippen LogP contribution in [0, 0.1) is 0 Å². The van der Waals surface area contributed by atoms with Gasteiger partial charge in [0.25, 0.3) is 0 Å². The molecule has 0 fully saturated rings. The van der Waals surface area contributed by atoms with Gasteiger partial charge in [-0.25, -0.2) is 15.0 Å². The van der Waals surface area contributed by atoms with Crippen molar-refractivity contribution in [1.82, 2.24) is 24.1 Å². The first kappa shape index (κ1) is 33.5. The van der Waals surface area contributed by atoms with Gasteiger partial charge < -0.3 is 9.13 Å². The maximum Gasteiger partial charge on any atom is 0.166 e. The number of rotatable bonds is 5. The van der Waals surface area contributed by atoms with Crippen LogP contribution in [0.25, 0.3) is 100 Å². The van der Waals surface area contributed by atoms with E-state index in [1.165, 1.54) is 43.8 Å². The molecule has 0 spiro atoms. The summed E-state index contributed by atoms with van der Waals surface area (Å²) in [5, 5.41) is 4.89. The molecule has 5 heteroatoms. The zero-order valence-electron chi connectivity index (χ0n) is 32.6. The Morgan fingerprint density at radius 2 is 0.898 bits per heavy atom. The summed E-state index contributed by atoms with van der Waals surface area (Å²) < 4.78 is 4.75. The Hall–Kier alpha value is -7.63. The molecule has 0 amide bonds. The quantitative estimate of drug-likeness (QED) is 0.176. The van der Waals surface area contributed by atoms with Gasteiger partial charge in [0, 0.05) is 49.3 Å². The Morgan fingerprint density at radius 1 is 0.356 bits per heavy atom. The van der Waals surface area contributed by atoms with Crippen LogP contribution in [0.5, 0.6) is 0 Å². The van der Waals surface area contributed by atoms with Gasteiger partial charge in [0.2, 0.25) is 0 Å². The highest BCUT2D eigenvalue weighted by Crippen LogP contribution is 2.51. The Labute approximate surface area is 341 Å². The highest BCUT2D eigenvalue weighted by Gasteiger charge is 2.36. The van der Waals surface area contributed by atoms with Crippen LogP contribution < -0.4 is 0 Å². The SMILES string of the molecule is CC1(C)c2ccccc2-c2cc3c4ccccc4n(-c4ccccc4-c4nc(-c5ccccc5)nc(-c5cccc(-n6c7ccccc7c7ccccc76)c5)n4)c3cc21. The van der Waals surface area contributed by atoms with Crippen molar-refractivity contribution in [1.29, 1.82) is 0 Å². The molecular weight excluding hydrogens is 719 g/mol. The number of benzene rings is 8. The molecule has 12 rings (SSSR count). The number of para-hydroxylation sites is 4. The second-order valence-corrected chi connectivity index (χ2v) is 16.0. The summed E-state index contributed by atoms with van der Waals surface area (Å²) in [5.74, 6) is 1.86. The Bertz CT molecular complexity index is 3430. The zero-order chi connectivity index (χ0) is 39.2. The van der Waals surface area contributed by atoms with Crippen LogP contribution in [0.3, 0.4) is 0 Å². The van der Waals surface area contributed by atoms with Gasteiger partial charge >= 0.3 is 0 Å². The average molecular weight is 756 g/mol. The molecule has 1 aliphatic carbocycles. The van der Waals surface area contributed by atoms with Crippen molar-refractivity contribution in [3.8, 4) is 56.7 Å². The second-order valence-electron chi connectivity index (χ2n) is 16.0. The minimum absolute atomic E-state index is 0.137. The zero-order valence-corrected chi connectivity index (χ0v) is 32.6. The Kier molecular flexibility index (Phi) is 7.20. The first-order valence-corrected chi connectivity index (χ1v) is 20.2. The number of hydrogen-bond acceptors (Lipinski definition) is 3. The predicted octanol–water partition coefficient (Wildman–Crippen LogP) is 13.4. The van der Waals surface area contributed by atoms with Gasteiger partial charge in [-0.3, -0.25) is 0 Å². The van der Waals surface area contributed by atoms with Gasteiger partial charge in [-0.1, -0.05) is 147 Å². The summed E-state index contributed by atoms with van der Waals surface area (Å²) in [6.07, 6.45) is 0. The van der Waals surface area contributed by atoms with Crippen LogP contribution in [0.1, 0.15) is 25.0 Å². The van der Waals surface area contributed by atoms with Crippen LogP contribution in [0.15, 0.2) is 188 Å². The Balaban J connectivity index is 1.08. The summed E-state index contributed by atoms with van der Waals surface area (Å²) in [5.41, 5.74) is 14.7. The fraction of sp³-hybridized carbons (Fsp3) is 0.0556. The van der Waals surface area contributed by atoms with Gasteiger partial charge in [-0.05, 0) is 76.9 Å². The minimum Gasteiger partial charge on any atom is -0.309 e. The highest BCUT2D eigenvalue weighted by molar-refractivity contribution is 6.12. The standard InChI is InChI=1S/C54H37N5/c1-54(2)44-26-11-6-21-37(44)42-32-43-40-24-9-14-29-48(40)59(50(43)33-45(42)54)49-30-15-10-25-41(49)53-56-51(34-17-4-3-5-18-34)55-52(57-53)35-19-16-20-36(31-35)58-46-27-12-7-22-38(46)39-23-8-13-28-47(39)58/h3-33H,1-2H3. The third kappa shape index (κ3) is 5.01. The molecule has 278 valence electrons. The molecule has 0 aliphatic heterocycles. The third-order valence-electron chi connectivity index (χ3n) is 12.4. The van der Waals surface area contributed by atoms with E-state index in [0.29, 0.717) is 17.5 Å². The van der Waals surface area contributed by atoms with Crippen LogP contribution in [-0.4, -0.2) is 24.1 Å². The van der Waals surface area contributed by atoms with Crippen molar-refractivity contribution >= 4 is 43.6 Å². The monoisotopic (exact) mass is 755 g/mol. The number of nitrogens with zero attached hydrogens (tertiary/aromatic N) is 5. The molecule has 0 radical (unpaired) electrons. The van der Waals surface area contributed by atoms with E-state index in [9.17, 15) is 0 Å². The first-order valence-electron chi connectivity index (χ1n) is 20.2. The average Bonchev–Trinajstić information content (AvgIpc) is 3.89. The van der Waals surface area contributed by atoms with Crippen molar-refractivity contribution in [3.05, 3.63) is 199 Å². The lowest BCUT2D eigenvalue weighted by Gasteiger charge is -2.22. The van der Waals surface area contributed by atoms with Crippen molar-refractivity contribution < 1.29 is 0 Å². The van der Waals surface area contributed by atoms with Crippen LogP contribution in [0.4, 0.5) is 0 Å². The van der Waals surface area contributed by atoms with E-state index in [2.05, 4.69) is 193 Å². The van der Waals surface area contributed by atoms with E-state index in [0.717, 1.165) is 50.1 Å². The summed E-state index contributed by atoms with van der Waals surface area (Å²) in [7, 11) is 0. The number of hydrogen-bond donors (Lipinski definition) is 0. The lowest BCUT2D eigenvalue weighted by atomic mass is 9.82. The molecule has 0 bridgehead atoms. The lowest BCUT2D eigenvalue weighted by Crippen LogP contribution is -2.15. The van der Waals surface area contributed by atoms with Gasteiger partial charge in [0.15, 0.2) is 17.5 Å². The topological polar surface area (TPSA) is 48.5 Å². The molecule has 0 saturated heterocycles. The van der Waals surface area contributed by atoms with E-state index in [1.807, 2.05) is 18.2 Å². The number of fused-ring (bicyclic) bond motifs is 9. The predicted molar refractivity (Wildman–Crippen MR) is 242 cm³/mol. The van der Waals surface area contributed by atoms with Crippen molar-refractivity contribution in [2.24, 2.45) is 0 Å². The molecule has 11 aromatic rings. The molecule has 1 aliphatic rings. The summed E-state index contributed by atoms with van der Waals surface area (Å²) in [4.78, 5) is 15.8. The smallest absolute Gasteiger partial charge is 0.166 e. The summed E-state index contributed by atoms with van der Waals surface area (Å²) >= 11 is 0. The fourth-order valence-corrected chi connectivity index (χ4v) is 9.61. The molecule has 3 aromatic heterocycles. The maximum absolute atomic E-state index is 5.34. The molecule has 0 saturated carbocycles. The Morgan fingerprint density at radius 3 is 1.63 bits per heavy atom. The van der Waals surface area contributed by atoms with E-state index in [1.54, 1.807) is 0 Å². The minimum atomic E-state index is -0.137. The molecule has 8 aromatic carbocycles. The second kappa shape index (κ2) is 12.7. The molecule has 3 heterocycles. The highest BCUT2D eigenvalue weighted by atomic mass is 15.1. The summed E-state index contributed by atoms with van der Waals surface area (Å²) in [6, 6.07) is 67.0. The lowest BCUT2D eigenvalue weighted by molar-refractivity contribution is 0.661. The normalized spacial score (nSPS) is 13.1. The molecule has 0 unspecified atom stereocenters. The first-order chi connectivity index (χ1) is 29.0. The van der Waals surface area contributed by atoms with Crippen molar-refractivity contribution in [3.63, 3.8) is 0 Å². The van der Waals surface area contributed by atoms with Gasteiger partial charge in [0.1, 0.15) is 0 Å². The molecule has 59 heavy (non-hydrogen) atoms. The van der Waals surface area contributed by atoms with Gasteiger partial charge in [-0.15, -0.1) is 0 Å². The third-order valence-corrected chi connectivity index (χ3v) is 12.4. The van der Waals surface area contributed by atoms with E-state index < -0.39 is 0 Å². The van der Waals surface area contributed by atoms with E-state index in [-0.39, 0.29) is 5.41 Å². The molecule has 0 atom stereocenters. The van der Waals surface area contributed by atoms with Crippen molar-refractivity contribution in [2.75, 3.05) is 0 Å². The molecule has 0 N–H and O–H groups in total. The molecule has 5 nitrogen and oxygen atoms in total. The van der Waals surface area contributed by atoms with E-state index >= 15 is 0 Å². The molecular formula is C54H37N5. The van der Waals surface area contributed by atoms with Crippen LogP contribution in [-0.2, 0) is 5.41 Å². The van der Waals surface area contributed by atoms with E-state index in [4.69, 9.17) is 15.0 Å². The summed E-state index contributed by atoms with van der Waals surface area (Å²) in [6.45, 7) is 4.69. The number of aromatic nitrogens is 5. The maximum atomic E-state index is 5.34. The van der Waals surface area contributed by atoms with Gasteiger partial charge in [-0.2, -0.15) is 0 Å². The van der Waals surface area contributed by atoms with Crippen LogP contribution >= 0.6 is 0 Å². The van der Waals surface area contributed by atoms with Gasteiger partial charge in [0.05, 0.1) is 27.8 Å². The van der Waals surface area contributed by atoms with Crippen molar-refractivity contribution in [2.45, 2.75) is 19.3 Å². The fourth-order valence-electron chi connectivity index (χ4n) is 9.61. The van der Waals surface area contributed by atoms with Crippen LogP contribution in [0.2, 0.25) is 0 Å².